The van der Waals surface area contributed by atoms with Gasteiger partial charge in [0.25, 0.3) is 5.88 Å². The molecule has 118 valence electrons. The molecule has 0 amide bonds. The van der Waals surface area contributed by atoms with Gasteiger partial charge in [0.15, 0.2) is 5.82 Å². The lowest BCUT2D eigenvalue weighted by molar-refractivity contribution is 0.397. The fourth-order valence-corrected chi connectivity index (χ4v) is 2.84. The van der Waals surface area contributed by atoms with E-state index >= 15 is 0 Å². The Morgan fingerprint density at radius 3 is 3.09 bits per heavy atom. The van der Waals surface area contributed by atoms with Crippen LogP contribution >= 0.6 is 0 Å². The summed E-state index contributed by atoms with van der Waals surface area (Å²) in [6.07, 6.45) is 6.56. The molecule has 4 heterocycles. The molecule has 0 bridgehead atoms. The van der Waals surface area contributed by atoms with Crippen LogP contribution in [-0.2, 0) is 0 Å². The van der Waals surface area contributed by atoms with Gasteiger partial charge in [-0.05, 0) is 25.1 Å². The number of aromatic nitrogens is 4. The molecule has 3 aromatic heterocycles. The van der Waals surface area contributed by atoms with Crippen molar-refractivity contribution in [1.29, 1.82) is 0 Å². The van der Waals surface area contributed by atoms with Crippen molar-refractivity contribution in [3.05, 3.63) is 36.8 Å². The first-order chi connectivity index (χ1) is 11.3. The largest absolute Gasteiger partial charge is 0.478 e. The number of hydrogen-bond acceptors (Lipinski definition) is 6. The molecular weight excluding hydrogens is 292 g/mol. The molecule has 1 aliphatic rings. The molecule has 1 unspecified atom stereocenters. The van der Waals surface area contributed by atoms with Gasteiger partial charge in [-0.15, -0.1) is 0 Å². The average molecular weight is 310 g/mol. The molecule has 1 atom stereocenters. The third-order valence-electron chi connectivity index (χ3n) is 4.01. The van der Waals surface area contributed by atoms with Crippen molar-refractivity contribution in [2.75, 3.05) is 25.5 Å². The highest BCUT2D eigenvalue weighted by Gasteiger charge is 2.18. The summed E-state index contributed by atoms with van der Waals surface area (Å²) >= 11 is 0. The molecule has 7 heteroatoms. The smallest absolute Gasteiger partial charge is 0.257 e. The number of rotatable bonds is 4. The SMILES string of the molecule is COc1ncc(-c2cnc3ccccn23)nc1NC1CCNC1. The molecule has 3 aromatic rings. The fourth-order valence-electron chi connectivity index (χ4n) is 2.84. The van der Waals surface area contributed by atoms with Crippen molar-refractivity contribution in [2.24, 2.45) is 0 Å². The fraction of sp³-hybridized carbons (Fsp3) is 0.312. The highest BCUT2D eigenvalue weighted by molar-refractivity contribution is 5.62. The van der Waals surface area contributed by atoms with Gasteiger partial charge in [0, 0.05) is 18.8 Å². The van der Waals surface area contributed by atoms with Gasteiger partial charge in [0.1, 0.15) is 11.3 Å². The summed E-state index contributed by atoms with van der Waals surface area (Å²) in [7, 11) is 1.61. The van der Waals surface area contributed by atoms with Crippen molar-refractivity contribution >= 4 is 11.5 Å². The van der Waals surface area contributed by atoms with Crippen LogP contribution in [0.4, 0.5) is 5.82 Å². The lowest BCUT2D eigenvalue weighted by Gasteiger charge is -2.15. The maximum atomic E-state index is 5.34. The number of fused-ring (bicyclic) bond motifs is 1. The summed E-state index contributed by atoms with van der Waals surface area (Å²) in [4.78, 5) is 13.5. The normalized spacial score (nSPS) is 17.5. The van der Waals surface area contributed by atoms with Crippen LogP contribution in [0, 0.1) is 0 Å². The first-order valence-electron chi connectivity index (χ1n) is 7.66. The number of nitrogens with one attached hydrogen (secondary N) is 2. The Morgan fingerprint density at radius 1 is 1.30 bits per heavy atom. The number of nitrogens with zero attached hydrogens (tertiary/aromatic N) is 4. The molecular formula is C16H18N6O. The van der Waals surface area contributed by atoms with Crippen molar-refractivity contribution in [1.82, 2.24) is 24.7 Å². The molecule has 1 aliphatic heterocycles. The zero-order valence-electron chi connectivity index (χ0n) is 12.9. The predicted molar refractivity (Wildman–Crippen MR) is 87.7 cm³/mol. The van der Waals surface area contributed by atoms with E-state index in [2.05, 4.69) is 20.6 Å². The van der Waals surface area contributed by atoms with Gasteiger partial charge >= 0.3 is 0 Å². The number of methoxy groups -OCH3 is 1. The maximum Gasteiger partial charge on any atom is 0.257 e. The van der Waals surface area contributed by atoms with Gasteiger partial charge in [0.2, 0.25) is 0 Å². The quantitative estimate of drug-likeness (QED) is 0.762. The number of hydrogen-bond donors (Lipinski definition) is 2. The minimum atomic E-state index is 0.343. The van der Waals surface area contributed by atoms with E-state index in [1.807, 2.05) is 35.0 Å². The third-order valence-corrected chi connectivity index (χ3v) is 4.01. The van der Waals surface area contributed by atoms with Gasteiger partial charge in [-0.25, -0.2) is 15.0 Å². The highest BCUT2D eigenvalue weighted by atomic mass is 16.5. The lowest BCUT2D eigenvalue weighted by atomic mass is 10.2. The Bertz CT molecular complexity index is 824. The molecule has 0 saturated carbocycles. The van der Waals surface area contributed by atoms with Crippen LogP contribution in [0.15, 0.2) is 36.8 Å². The maximum absolute atomic E-state index is 5.34. The molecule has 2 N–H and O–H groups in total. The molecule has 0 spiro atoms. The topological polar surface area (TPSA) is 76.4 Å². The van der Waals surface area contributed by atoms with Gasteiger partial charge in [0.05, 0.1) is 25.2 Å². The van der Waals surface area contributed by atoms with Gasteiger partial charge < -0.3 is 15.4 Å². The van der Waals surface area contributed by atoms with E-state index in [1.165, 1.54) is 0 Å². The van der Waals surface area contributed by atoms with Gasteiger partial charge in [-0.3, -0.25) is 4.40 Å². The Morgan fingerprint density at radius 2 is 2.26 bits per heavy atom. The van der Waals surface area contributed by atoms with Crippen molar-refractivity contribution in [3.8, 4) is 17.3 Å². The van der Waals surface area contributed by atoms with Crippen LogP contribution < -0.4 is 15.4 Å². The van der Waals surface area contributed by atoms with Crippen LogP contribution in [0.1, 0.15) is 6.42 Å². The molecule has 1 saturated heterocycles. The number of imidazole rings is 1. The Labute approximate surface area is 133 Å². The Kier molecular flexibility index (Phi) is 3.55. The number of ether oxygens (including phenoxy) is 1. The van der Waals surface area contributed by atoms with Crippen LogP contribution in [0.3, 0.4) is 0 Å². The van der Waals surface area contributed by atoms with Crippen LogP contribution in [-0.4, -0.2) is 45.6 Å². The first kappa shape index (κ1) is 14.0. The van der Waals surface area contributed by atoms with E-state index in [4.69, 9.17) is 9.72 Å². The van der Waals surface area contributed by atoms with Crippen LogP contribution in [0.2, 0.25) is 0 Å². The summed E-state index contributed by atoms with van der Waals surface area (Å²) in [5.74, 6) is 1.18. The average Bonchev–Trinajstić information content (AvgIpc) is 3.24. The first-order valence-corrected chi connectivity index (χ1v) is 7.66. The van der Waals surface area contributed by atoms with E-state index in [1.54, 1.807) is 13.3 Å². The van der Waals surface area contributed by atoms with E-state index < -0.39 is 0 Å². The molecule has 0 radical (unpaired) electrons. The summed E-state index contributed by atoms with van der Waals surface area (Å²) < 4.78 is 7.33. The number of anilines is 1. The monoisotopic (exact) mass is 310 g/mol. The summed E-state index contributed by atoms with van der Waals surface area (Å²) in [5, 5.41) is 6.75. The Hall–Kier alpha value is -2.67. The van der Waals surface area contributed by atoms with Crippen LogP contribution in [0.5, 0.6) is 5.88 Å². The summed E-state index contributed by atoms with van der Waals surface area (Å²) in [6, 6.07) is 6.24. The van der Waals surface area contributed by atoms with E-state index in [9.17, 15) is 0 Å². The molecule has 7 nitrogen and oxygen atoms in total. The van der Waals surface area contributed by atoms with E-state index in [-0.39, 0.29) is 0 Å². The highest BCUT2D eigenvalue weighted by Crippen LogP contribution is 2.26. The zero-order valence-corrected chi connectivity index (χ0v) is 12.9. The Balaban J connectivity index is 1.74. The van der Waals surface area contributed by atoms with Crippen LogP contribution in [0.25, 0.3) is 17.0 Å². The third kappa shape index (κ3) is 2.59. The van der Waals surface area contributed by atoms with E-state index in [0.717, 1.165) is 36.5 Å². The summed E-state index contributed by atoms with van der Waals surface area (Å²) in [6.45, 7) is 1.94. The molecule has 4 rings (SSSR count). The zero-order chi connectivity index (χ0) is 15.6. The molecule has 23 heavy (non-hydrogen) atoms. The second-order valence-electron chi connectivity index (χ2n) is 5.52. The lowest BCUT2D eigenvalue weighted by Crippen LogP contribution is -2.23. The van der Waals surface area contributed by atoms with Crippen molar-refractivity contribution < 1.29 is 4.74 Å². The molecule has 0 aliphatic carbocycles. The minimum Gasteiger partial charge on any atom is -0.478 e. The number of pyridine rings is 1. The molecule has 1 fully saturated rings. The van der Waals surface area contributed by atoms with Crippen molar-refractivity contribution in [3.63, 3.8) is 0 Å². The predicted octanol–water partition coefficient (Wildman–Crippen LogP) is 1.57. The molecule has 0 aromatic carbocycles. The second kappa shape index (κ2) is 5.85. The van der Waals surface area contributed by atoms with Crippen molar-refractivity contribution in [2.45, 2.75) is 12.5 Å². The standard InChI is InChI=1S/C16H18N6O/c1-23-16-15(20-11-5-6-17-8-11)21-12(9-19-16)13-10-18-14-4-2-3-7-22(13)14/h2-4,7,9-11,17H,5-6,8H2,1H3,(H,20,21). The van der Waals surface area contributed by atoms with E-state index in [0.29, 0.717) is 17.7 Å². The van der Waals surface area contributed by atoms with Gasteiger partial charge in [-0.1, -0.05) is 6.07 Å². The minimum absolute atomic E-state index is 0.343. The van der Waals surface area contributed by atoms with Gasteiger partial charge in [-0.2, -0.15) is 0 Å². The summed E-state index contributed by atoms with van der Waals surface area (Å²) in [5.41, 5.74) is 2.55. The second-order valence-corrected chi connectivity index (χ2v) is 5.52.